The first-order chi connectivity index (χ1) is 10.6. The summed E-state index contributed by atoms with van der Waals surface area (Å²) in [5, 5.41) is 9.47. The Balaban J connectivity index is 1.70. The van der Waals surface area contributed by atoms with Crippen molar-refractivity contribution in [3.05, 3.63) is 35.9 Å². The fourth-order valence-electron chi connectivity index (χ4n) is 3.42. The van der Waals surface area contributed by atoms with Gasteiger partial charge < -0.3 is 14.7 Å². The van der Waals surface area contributed by atoms with Gasteiger partial charge in [0.1, 0.15) is 0 Å². The maximum Gasteiger partial charge on any atom is 0.308 e. The summed E-state index contributed by atoms with van der Waals surface area (Å²) in [4.78, 5) is 25.6. The third kappa shape index (κ3) is 3.14. The van der Waals surface area contributed by atoms with Crippen LogP contribution in [-0.4, -0.2) is 47.7 Å². The number of amides is 1. The molecule has 1 aromatic carbocycles. The number of nitrogens with zero attached hydrogens (tertiary/aromatic N) is 1. The predicted molar refractivity (Wildman–Crippen MR) is 80.5 cm³/mol. The van der Waals surface area contributed by atoms with Crippen molar-refractivity contribution in [3.63, 3.8) is 0 Å². The fraction of sp³-hybridized carbons (Fsp3) is 0.529. The SMILES string of the molecule is O=C(O)[C@@H]1CN(C(=O)CC2CCCO2)C[C@@H]1c1ccccc1. The van der Waals surface area contributed by atoms with Crippen LogP contribution >= 0.6 is 0 Å². The van der Waals surface area contributed by atoms with Crippen LogP contribution in [0.5, 0.6) is 0 Å². The number of carbonyl (C=O) groups is 2. The van der Waals surface area contributed by atoms with Gasteiger partial charge in [-0.3, -0.25) is 9.59 Å². The average molecular weight is 303 g/mol. The van der Waals surface area contributed by atoms with Gasteiger partial charge >= 0.3 is 5.97 Å². The molecule has 3 rings (SSSR count). The topological polar surface area (TPSA) is 66.8 Å². The molecular formula is C17H21NO4. The molecular weight excluding hydrogens is 282 g/mol. The summed E-state index contributed by atoms with van der Waals surface area (Å²) in [6, 6.07) is 9.61. The van der Waals surface area contributed by atoms with Crippen molar-refractivity contribution in [2.45, 2.75) is 31.3 Å². The zero-order valence-corrected chi connectivity index (χ0v) is 12.5. The monoisotopic (exact) mass is 303 g/mol. The van der Waals surface area contributed by atoms with Gasteiger partial charge in [0, 0.05) is 25.6 Å². The zero-order valence-electron chi connectivity index (χ0n) is 12.5. The van der Waals surface area contributed by atoms with Crippen LogP contribution < -0.4 is 0 Å². The molecule has 5 nitrogen and oxygen atoms in total. The summed E-state index contributed by atoms with van der Waals surface area (Å²) in [5.74, 6) is -1.49. The number of hydrogen-bond acceptors (Lipinski definition) is 3. The third-order valence-electron chi connectivity index (χ3n) is 4.64. The van der Waals surface area contributed by atoms with Gasteiger partial charge in [-0.05, 0) is 18.4 Å². The molecule has 22 heavy (non-hydrogen) atoms. The molecule has 1 aromatic rings. The number of rotatable bonds is 4. The van der Waals surface area contributed by atoms with E-state index in [1.165, 1.54) is 0 Å². The number of carbonyl (C=O) groups excluding carboxylic acids is 1. The minimum absolute atomic E-state index is 0.00607. The number of carboxylic acid groups (broad SMARTS) is 1. The lowest BCUT2D eigenvalue weighted by molar-refractivity contribution is -0.142. The van der Waals surface area contributed by atoms with Gasteiger partial charge in [0.15, 0.2) is 0 Å². The highest BCUT2D eigenvalue weighted by Crippen LogP contribution is 2.33. The lowest BCUT2D eigenvalue weighted by Crippen LogP contribution is -2.32. The van der Waals surface area contributed by atoms with E-state index in [0.29, 0.717) is 19.5 Å². The van der Waals surface area contributed by atoms with Gasteiger partial charge in [-0.25, -0.2) is 0 Å². The summed E-state index contributed by atoms with van der Waals surface area (Å²) in [5.41, 5.74) is 0.988. The standard InChI is InChI=1S/C17H21NO4/c19-16(9-13-7-4-8-22-13)18-10-14(15(11-18)17(20)21)12-5-2-1-3-6-12/h1-3,5-6,13-15H,4,7-11H2,(H,20,21)/t13?,14-,15-/m1/s1. The highest BCUT2D eigenvalue weighted by atomic mass is 16.5. The Morgan fingerprint density at radius 1 is 1.23 bits per heavy atom. The molecule has 1 N–H and O–H groups in total. The second-order valence-electron chi connectivity index (χ2n) is 6.10. The van der Waals surface area contributed by atoms with Crippen LogP contribution in [0.3, 0.4) is 0 Å². The second-order valence-corrected chi connectivity index (χ2v) is 6.10. The number of ether oxygens (including phenoxy) is 1. The first-order valence-electron chi connectivity index (χ1n) is 7.82. The fourth-order valence-corrected chi connectivity index (χ4v) is 3.42. The number of aliphatic carboxylic acids is 1. The number of likely N-dealkylation sites (tertiary alicyclic amines) is 1. The van der Waals surface area contributed by atoms with E-state index >= 15 is 0 Å². The average Bonchev–Trinajstić information content (AvgIpc) is 3.17. The Kier molecular flexibility index (Phi) is 4.43. The van der Waals surface area contributed by atoms with Crippen molar-refractivity contribution in [2.75, 3.05) is 19.7 Å². The molecule has 0 radical (unpaired) electrons. The van der Waals surface area contributed by atoms with E-state index < -0.39 is 11.9 Å². The third-order valence-corrected chi connectivity index (χ3v) is 4.64. The Bertz CT molecular complexity index is 539. The minimum atomic E-state index is -0.832. The Hall–Kier alpha value is -1.88. The maximum absolute atomic E-state index is 12.4. The van der Waals surface area contributed by atoms with E-state index in [1.54, 1.807) is 4.90 Å². The Labute approximate surface area is 129 Å². The summed E-state index contributed by atoms with van der Waals surface area (Å²) < 4.78 is 5.51. The largest absolute Gasteiger partial charge is 0.481 e. The summed E-state index contributed by atoms with van der Waals surface area (Å²) >= 11 is 0. The van der Waals surface area contributed by atoms with Gasteiger partial charge in [0.05, 0.1) is 18.4 Å². The minimum Gasteiger partial charge on any atom is -0.481 e. The first kappa shape index (κ1) is 15.0. The van der Waals surface area contributed by atoms with Gasteiger partial charge in [0.2, 0.25) is 5.91 Å². The number of carboxylic acids is 1. The molecule has 118 valence electrons. The van der Waals surface area contributed by atoms with Gasteiger partial charge in [-0.1, -0.05) is 30.3 Å². The van der Waals surface area contributed by atoms with Crippen LogP contribution in [0.4, 0.5) is 0 Å². The zero-order chi connectivity index (χ0) is 15.5. The van der Waals surface area contributed by atoms with Crippen LogP contribution in [0.2, 0.25) is 0 Å². The molecule has 2 aliphatic rings. The molecule has 2 aliphatic heterocycles. The molecule has 0 saturated carbocycles. The molecule has 2 fully saturated rings. The lowest BCUT2D eigenvalue weighted by atomic mass is 9.89. The molecule has 0 aliphatic carbocycles. The van der Waals surface area contributed by atoms with Crippen molar-refractivity contribution < 1.29 is 19.4 Å². The number of hydrogen-bond donors (Lipinski definition) is 1. The molecule has 2 heterocycles. The van der Waals surface area contributed by atoms with Crippen molar-refractivity contribution in [2.24, 2.45) is 5.92 Å². The van der Waals surface area contributed by atoms with Gasteiger partial charge in [-0.15, -0.1) is 0 Å². The molecule has 1 unspecified atom stereocenters. The Morgan fingerprint density at radius 2 is 2.00 bits per heavy atom. The molecule has 5 heteroatoms. The van der Waals surface area contributed by atoms with E-state index in [0.717, 1.165) is 25.0 Å². The molecule has 0 spiro atoms. The van der Waals surface area contributed by atoms with Crippen molar-refractivity contribution in [1.82, 2.24) is 4.90 Å². The van der Waals surface area contributed by atoms with Gasteiger partial charge in [0.25, 0.3) is 0 Å². The summed E-state index contributed by atoms with van der Waals surface area (Å²) in [6.45, 7) is 1.50. The quantitative estimate of drug-likeness (QED) is 0.922. The van der Waals surface area contributed by atoms with Crippen LogP contribution in [0.1, 0.15) is 30.7 Å². The molecule has 0 bridgehead atoms. The van der Waals surface area contributed by atoms with Crippen LogP contribution in [0, 0.1) is 5.92 Å². The smallest absolute Gasteiger partial charge is 0.308 e. The van der Waals surface area contributed by atoms with Crippen LogP contribution in [0.25, 0.3) is 0 Å². The molecule has 1 amide bonds. The number of benzene rings is 1. The van der Waals surface area contributed by atoms with Crippen molar-refractivity contribution >= 4 is 11.9 Å². The lowest BCUT2D eigenvalue weighted by Gasteiger charge is -2.18. The molecule has 2 saturated heterocycles. The van der Waals surface area contributed by atoms with Crippen LogP contribution in [-0.2, 0) is 14.3 Å². The van der Waals surface area contributed by atoms with E-state index in [1.807, 2.05) is 30.3 Å². The molecule has 0 aromatic heterocycles. The summed E-state index contributed by atoms with van der Waals surface area (Å²) in [6.07, 6.45) is 2.30. The maximum atomic E-state index is 12.4. The predicted octanol–water partition coefficient (Wildman–Crippen LogP) is 1.88. The van der Waals surface area contributed by atoms with E-state index in [-0.39, 0.29) is 17.9 Å². The normalized spacial score (nSPS) is 28.0. The van der Waals surface area contributed by atoms with E-state index in [9.17, 15) is 14.7 Å². The highest BCUT2D eigenvalue weighted by Gasteiger charge is 2.40. The summed E-state index contributed by atoms with van der Waals surface area (Å²) in [7, 11) is 0. The van der Waals surface area contributed by atoms with Crippen LogP contribution in [0.15, 0.2) is 30.3 Å². The van der Waals surface area contributed by atoms with E-state index in [4.69, 9.17) is 4.74 Å². The molecule has 3 atom stereocenters. The van der Waals surface area contributed by atoms with Crippen molar-refractivity contribution in [1.29, 1.82) is 0 Å². The van der Waals surface area contributed by atoms with Gasteiger partial charge in [-0.2, -0.15) is 0 Å². The first-order valence-corrected chi connectivity index (χ1v) is 7.82. The Morgan fingerprint density at radius 3 is 2.64 bits per heavy atom. The highest BCUT2D eigenvalue weighted by molar-refractivity contribution is 5.80. The van der Waals surface area contributed by atoms with Crippen molar-refractivity contribution in [3.8, 4) is 0 Å². The second kappa shape index (κ2) is 6.48. The van der Waals surface area contributed by atoms with E-state index in [2.05, 4.69) is 0 Å².